The quantitative estimate of drug-likeness (QED) is 0.369. The summed E-state index contributed by atoms with van der Waals surface area (Å²) < 4.78 is 5.46. The molecule has 0 aliphatic rings. The van der Waals surface area contributed by atoms with Crippen molar-refractivity contribution in [2.24, 2.45) is 0 Å². The average molecular weight is 413 g/mol. The Kier molecular flexibility index (Phi) is 4.49. The molecule has 2 heterocycles. The number of hydrogen-bond donors (Lipinski definition) is 1. The van der Waals surface area contributed by atoms with Crippen LogP contribution in [0.1, 0.15) is 5.69 Å². The molecule has 0 aliphatic heterocycles. The van der Waals surface area contributed by atoms with Crippen molar-refractivity contribution >= 4 is 22.5 Å². The van der Waals surface area contributed by atoms with E-state index in [2.05, 4.69) is 34.4 Å². The molecular formula is C25H17ClN2O2. The fourth-order valence-electron chi connectivity index (χ4n) is 3.74. The second-order valence-corrected chi connectivity index (χ2v) is 7.61. The number of fused-ring (bicyclic) bond motifs is 1. The zero-order valence-electron chi connectivity index (χ0n) is 16.1. The summed E-state index contributed by atoms with van der Waals surface area (Å²) in [5.41, 5.74) is 5.54. The number of rotatable bonds is 3. The number of aryl methyl sites for hydroxylation is 1. The van der Waals surface area contributed by atoms with Crippen LogP contribution >= 0.6 is 11.6 Å². The lowest BCUT2D eigenvalue weighted by atomic mass is 9.93. The second-order valence-electron chi connectivity index (χ2n) is 7.17. The van der Waals surface area contributed by atoms with E-state index in [9.17, 15) is 4.79 Å². The first-order valence-electron chi connectivity index (χ1n) is 9.55. The number of benzene rings is 3. The van der Waals surface area contributed by atoms with Crippen LogP contribution < -0.4 is 5.56 Å². The Balaban J connectivity index is 1.78. The van der Waals surface area contributed by atoms with Gasteiger partial charge in [0.25, 0.3) is 5.56 Å². The van der Waals surface area contributed by atoms with Gasteiger partial charge in [-0.2, -0.15) is 0 Å². The van der Waals surface area contributed by atoms with Crippen molar-refractivity contribution < 1.29 is 4.52 Å². The molecule has 4 nitrogen and oxygen atoms in total. The summed E-state index contributed by atoms with van der Waals surface area (Å²) in [5.74, 6) is 0.428. The highest BCUT2D eigenvalue weighted by Crippen LogP contribution is 2.37. The van der Waals surface area contributed by atoms with E-state index < -0.39 is 0 Å². The van der Waals surface area contributed by atoms with Crippen LogP contribution in [0.5, 0.6) is 0 Å². The van der Waals surface area contributed by atoms with Gasteiger partial charge in [-0.05, 0) is 41.8 Å². The first kappa shape index (κ1) is 18.4. The standard InChI is InChI=1S/C25H17ClN2O2/c1-15-13-22(30-28-15)24-23(20-14-19(26)11-12-21(20)27-25(24)29)18-9-7-17(8-10-18)16-5-3-2-4-6-16/h2-14H,1H3,(H,27,29). The molecule has 146 valence electrons. The summed E-state index contributed by atoms with van der Waals surface area (Å²) in [6.07, 6.45) is 0. The predicted molar refractivity (Wildman–Crippen MR) is 121 cm³/mol. The Morgan fingerprint density at radius 3 is 2.23 bits per heavy atom. The minimum absolute atomic E-state index is 0.233. The molecule has 5 aromatic rings. The van der Waals surface area contributed by atoms with E-state index in [1.807, 2.05) is 49.4 Å². The molecule has 0 spiro atoms. The molecule has 0 amide bonds. The van der Waals surface area contributed by atoms with Gasteiger partial charge in [0.1, 0.15) is 0 Å². The lowest BCUT2D eigenvalue weighted by molar-refractivity contribution is 0.427. The van der Waals surface area contributed by atoms with Gasteiger partial charge in [-0.25, -0.2) is 0 Å². The van der Waals surface area contributed by atoms with Gasteiger partial charge in [-0.1, -0.05) is 71.4 Å². The van der Waals surface area contributed by atoms with Crippen molar-refractivity contribution in [2.45, 2.75) is 6.92 Å². The van der Waals surface area contributed by atoms with Gasteiger partial charge < -0.3 is 9.51 Å². The lowest BCUT2D eigenvalue weighted by Gasteiger charge is -2.12. The molecule has 2 aromatic heterocycles. The zero-order valence-corrected chi connectivity index (χ0v) is 16.9. The third-order valence-electron chi connectivity index (χ3n) is 5.13. The van der Waals surface area contributed by atoms with E-state index in [1.54, 1.807) is 12.1 Å². The molecule has 0 atom stereocenters. The molecule has 0 saturated heterocycles. The Morgan fingerprint density at radius 1 is 0.833 bits per heavy atom. The van der Waals surface area contributed by atoms with Gasteiger partial charge in [0.05, 0.1) is 11.3 Å². The molecule has 0 aliphatic carbocycles. The molecule has 0 fully saturated rings. The van der Waals surface area contributed by atoms with Crippen LogP contribution in [-0.4, -0.2) is 10.1 Å². The molecule has 0 bridgehead atoms. The van der Waals surface area contributed by atoms with Crippen molar-refractivity contribution in [3.05, 3.63) is 99.9 Å². The average Bonchev–Trinajstić information content (AvgIpc) is 3.20. The molecular weight excluding hydrogens is 396 g/mol. The fraction of sp³-hybridized carbons (Fsp3) is 0.0400. The van der Waals surface area contributed by atoms with E-state index in [4.69, 9.17) is 16.1 Å². The number of hydrogen-bond acceptors (Lipinski definition) is 3. The van der Waals surface area contributed by atoms with E-state index in [0.717, 1.165) is 27.6 Å². The molecule has 5 heteroatoms. The van der Waals surface area contributed by atoms with Crippen LogP contribution in [0.15, 0.2) is 88.2 Å². The maximum atomic E-state index is 13.0. The Hall–Kier alpha value is -3.63. The largest absolute Gasteiger partial charge is 0.356 e. The molecule has 5 rings (SSSR count). The number of aromatic nitrogens is 2. The summed E-state index contributed by atoms with van der Waals surface area (Å²) in [5, 5.41) is 5.41. The highest BCUT2D eigenvalue weighted by molar-refractivity contribution is 6.31. The van der Waals surface area contributed by atoms with Crippen molar-refractivity contribution in [3.8, 4) is 33.6 Å². The molecule has 1 N–H and O–H groups in total. The molecule has 0 radical (unpaired) electrons. The summed E-state index contributed by atoms with van der Waals surface area (Å²) in [6.45, 7) is 1.83. The molecule has 30 heavy (non-hydrogen) atoms. The summed E-state index contributed by atoms with van der Waals surface area (Å²) in [6, 6.07) is 25.5. The van der Waals surface area contributed by atoms with E-state index in [1.165, 1.54) is 0 Å². The third-order valence-corrected chi connectivity index (χ3v) is 5.37. The van der Waals surface area contributed by atoms with Crippen LogP contribution in [0.3, 0.4) is 0 Å². The van der Waals surface area contributed by atoms with Crippen molar-refractivity contribution in [3.63, 3.8) is 0 Å². The monoisotopic (exact) mass is 412 g/mol. The number of halogens is 1. The van der Waals surface area contributed by atoms with Crippen LogP contribution in [0, 0.1) is 6.92 Å². The Bertz CT molecular complexity index is 1420. The van der Waals surface area contributed by atoms with Crippen LogP contribution in [0.25, 0.3) is 44.5 Å². The first-order valence-corrected chi connectivity index (χ1v) is 9.93. The van der Waals surface area contributed by atoms with E-state index >= 15 is 0 Å². The Morgan fingerprint density at radius 2 is 1.53 bits per heavy atom. The fourth-order valence-corrected chi connectivity index (χ4v) is 3.91. The predicted octanol–water partition coefficient (Wildman–Crippen LogP) is 6.48. The van der Waals surface area contributed by atoms with Crippen LogP contribution in [-0.2, 0) is 0 Å². The normalized spacial score (nSPS) is 11.1. The van der Waals surface area contributed by atoms with Crippen LogP contribution in [0.2, 0.25) is 5.02 Å². The summed E-state index contributed by atoms with van der Waals surface area (Å²) >= 11 is 6.30. The summed E-state index contributed by atoms with van der Waals surface area (Å²) in [4.78, 5) is 16.0. The number of aromatic amines is 1. The molecule has 0 unspecified atom stereocenters. The minimum Gasteiger partial charge on any atom is -0.356 e. The van der Waals surface area contributed by atoms with Gasteiger partial charge >= 0.3 is 0 Å². The van der Waals surface area contributed by atoms with E-state index in [-0.39, 0.29) is 5.56 Å². The van der Waals surface area contributed by atoms with Gasteiger partial charge in [-0.3, -0.25) is 4.79 Å². The SMILES string of the molecule is Cc1cc(-c2c(-c3ccc(-c4ccccc4)cc3)c3cc(Cl)ccc3[nH]c2=O)on1. The number of nitrogens with zero attached hydrogens (tertiary/aromatic N) is 1. The van der Waals surface area contributed by atoms with Crippen molar-refractivity contribution in [1.82, 2.24) is 10.1 Å². The Labute approximate surface area is 177 Å². The maximum Gasteiger partial charge on any atom is 0.260 e. The highest BCUT2D eigenvalue weighted by atomic mass is 35.5. The lowest BCUT2D eigenvalue weighted by Crippen LogP contribution is -2.11. The summed E-state index contributed by atoms with van der Waals surface area (Å²) in [7, 11) is 0. The van der Waals surface area contributed by atoms with Gasteiger partial charge in [0.15, 0.2) is 5.76 Å². The number of H-pyrrole nitrogens is 1. The van der Waals surface area contributed by atoms with E-state index in [0.29, 0.717) is 27.6 Å². The third kappa shape index (κ3) is 3.21. The number of nitrogens with one attached hydrogen (secondary N) is 1. The van der Waals surface area contributed by atoms with Gasteiger partial charge in [-0.15, -0.1) is 0 Å². The second kappa shape index (κ2) is 7.32. The van der Waals surface area contributed by atoms with Crippen LogP contribution in [0.4, 0.5) is 0 Å². The zero-order chi connectivity index (χ0) is 20.7. The maximum absolute atomic E-state index is 13.0. The smallest absolute Gasteiger partial charge is 0.260 e. The van der Waals surface area contributed by atoms with Gasteiger partial charge in [0.2, 0.25) is 0 Å². The highest BCUT2D eigenvalue weighted by Gasteiger charge is 2.20. The molecule has 0 saturated carbocycles. The first-order chi connectivity index (χ1) is 14.6. The number of pyridine rings is 1. The molecule has 3 aromatic carbocycles. The van der Waals surface area contributed by atoms with Crippen molar-refractivity contribution in [1.29, 1.82) is 0 Å². The van der Waals surface area contributed by atoms with Crippen molar-refractivity contribution in [2.75, 3.05) is 0 Å². The minimum atomic E-state index is -0.233. The topological polar surface area (TPSA) is 58.9 Å². The van der Waals surface area contributed by atoms with Gasteiger partial charge in [0, 0.05) is 27.6 Å².